The summed E-state index contributed by atoms with van der Waals surface area (Å²) >= 11 is 16.7. The van der Waals surface area contributed by atoms with Gasteiger partial charge in [0.1, 0.15) is 28.8 Å². The smallest absolute Gasteiger partial charge is 0.849 e. The van der Waals surface area contributed by atoms with E-state index in [1.54, 1.807) is 49.5 Å². The predicted molar refractivity (Wildman–Crippen MR) is 249 cm³/mol. The normalized spacial score (nSPS) is 12.6. The molecule has 0 spiro atoms. The van der Waals surface area contributed by atoms with E-state index in [0.29, 0.717) is 41.3 Å². The van der Waals surface area contributed by atoms with Crippen molar-refractivity contribution in [2.45, 2.75) is 52.1 Å². The van der Waals surface area contributed by atoms with E-state index < -0.39 is 49.1 Å². The van der Waals surface area contributed by atoms with E-state index in [-0.39, 0.29) is 56.1 Å². The Morgan fingerprint density at radius 3 is 1.85 bits per heavy atom. The van der Waals surface area contributed by atoms with Crippen molar-refractivity contribution >= 4 is 78.0 Å². The number of anilines is 2. The molecule has 0 radical (unpaired) electrons. The van der Waals surface area contributed by atoms with Crippen LogP contribution in [0.3, 0.4) is 0 Å². The molecule has 0 aliphatic heterocycles. The van der Waals surface area contributed by atoms with Crippen molar-refractivity contribution in [3.8, 4) is 0 Å². The molecular weight excluding hydrogens is 964 g/mol. The molecule has 4 aromatic rings. The van der Waals surface area contributed by atoms with Crippen molar-refractivity contribution in [2.75, 3.05) is 55.8 Å². The van der Waals surface area contributed by atoms with E-state index in [2.05, 4.69) is 39.8 Å². The number of halogens is 3. The summed E-state index contributed by atoms with van der Waals surface area (Å²) in [7, 11) is -0.493. The molecule has 0 aliphatic rings. The number of carbonyl (C=O) groups excluding carboxylic acids is 1. The standard InChI is InChI=1S/C20H25ClN3O7P.C11H16ClN2O3P.C5H4NO4.C4H9Cl.Li/c1-3-14-29-20(25)16-6-8-17(9-7-16)22-32(28,23(2)13-5-4-12-21)30-15-18-10-11-19(31-18)24(26)27;1-3-8-17-11(15)9-4-6-10(7-5-9)14-18(12,16)13-2;7-3-4-1-2-5(10-4)6(8)9;1-2-3-4-5;/h3,6-11H,1,4-5,12-15H2,2H3,(H,22,28);3-7,11,15H,1,8H2,2H3,(H2,13,14,16);1-2H,3H2;2-4H2,1H3;/q;;-1;;+1. The third-order valence-electron chi connectivity index (χ3n) is 7.83. The largest absolute Gasteiger partial charge is 1.00 e. The summed E-state index contributed by atoms with van der Waals surface area (Å²) in [5.74, 6) is 0.225. The Kier molecular flexibility index (Phi) is 32.3. The molecule has 0 amide bonds. The first-order chi connectivity index (χ1) is 30.9. The number of ether oxygens (including phenoxy) is 2. The molecule has 3 atom stereocenters. The van der Waals surface area contributed by atoms with Crippen LogP contribution in [0.4, 0.5) is 23.1 Å². The maximum absolute atomic E-state index is 13.6. The fraction of sp³-hybridized carbons (Fsp3) is 0.375. The van der Waals surface area contributed by atoms with Gasteiger partial charge < -0.3 is 38.7 Å². The number of alkyl halides is 2. The van der Waals surface area contributed by atoms with Gasteiger partial charge in [-0.25, -0.2) is 19.1 Å². The van der Waals surface area contributed by atoms with Gasteiger partial charge in [0.25, 0.3) is 0 Å². The van der Waals surface area contributed by atoms with Gasteiger partial charge in [0.05, 0.1) is 30.1 Å². The van der Waals surface area contributed by atoms with Gasteiger partial charge in [-0.1, -0.05) is 50.8 Å². The minimum Gasteiger partial charge on any atom is -0.849 e. The maximum atomic E-state index is 13.6. The Morgan fingerprint density at radius 1 is 0.864 bits per heavy atom. The van der Waals surface area contributed by atoms with E-state index >= 15 is 0 Å². The average molecular weight is 1020 g/mol. The van der Waals surface area contributed by atoms with Crippen LogP contribution in [-0.4, -0.2) is 71.2 Å². The first kappa shape index (κ1) is 62.0. The Bertz CT molecular complexity index is 2130. The number of nitrogens with zero attached hydrogens (tertiary/aromatic N) is 3. The summed E-state index contributed by atoms with van der Waals surface area (Å²) in [6.07, 6.45) is 5.80. The fourth-order valence-corrected chi connectivity index (χ4v) is 7.37. The molecule has 0 aliphatic carbocycles. The number of hydrogen-bond acceptors (Lipinski definition) is 14. The summed E-state index contributed by atoms with van der Waals surface area (Å²) in [6, 6.07) is 17.9. The van der Waals surface area contributed by atoms with Gasteiger partial charge in [-0.05, 0) is 93.1 Å². The molecule has 2 heterocycles. The van der Waals surface area contributed by atoms with Gasteiger partial charge in [0.15, 0.2) is 6.29 Å². The van der Waals surface area contributed by atoms with E-state index in [1.165, 1.54) is 54.5 Å². The number of aliphatic hydroxyl groups is 1. The van der Waals surface area contributed by atoms with Crippen LogP contribution in [0, 0.1) is 20.2 Å². The van der Waals surface area contributed by atoms with Gasteiger partial charge >= 0.3 is 51.1 Å². The molecule has 2 aromatic heterocycles. The average Bonchev–Trinajstić information content (AvgIpc) is 3.99. The number of hydrogen-bond donors (Lipinski definition) is 4. The number of rotatable bonds is 25. The van der Waals surface area contributed by atoms with Crippen molar-refractivity contribution in [2.24, 2.45) is 0 Å². The van der Waals surface area contributed by atoms with Crippen molar-refractivity contribution in [1.82, 2.24) is 9.76 Å². The number of carbonyl (C=O) groups is 1. The molecular formula is C40H54Cl3LiN6O14P2. The van der Waals surface area contributed by atoms with Crippen LogP contribution in [-0.2, 0) is 36.3 Å². The zero-order valence-corrected chi connectivity index (χ0v) is 41.0. The number of unbranched alkanes of at least 4 members (excludes halogenated alkanes) is 2. The van der Waals surface area contributed by atoms with Crippen LogP contribution < -0.4 is 39.2 Å². The predicted octanol–water partition coefficient (Wildman–Crippen LogP) is 7.15. The number of furan rings is 2. The molecule has 360 valence electrons. The van der Waals surface area contributed by atoms with Crippen molar-refractivity contribution in [1.29, 1.82) is 0 Å². The molecule has 26 heteroatoms. The second-order valence-corrected chi connectivity index (χ2v) is 18.9. The molecule has 0 bridgehead atoms. The fourth-order valence-electron chi connectivity index (χ4n) is 4.41. The number of esters is 1. The zero-order valence-electron chi connectivity index (χ0n) is 37.0. The molecule has 66 heavy (non-hydrogen) atoms. The maximum Gasteiger partial charge on any atom is 1.00 e. The summed E-state index contributed by atoms with van der Waals surface area (Å²) < 4.78 is 52.0. The second-order valence-electron chi connectivity index (χ2n) is 12.8. The third-order valence-corrected chi connectivity index (χ3v) is 12.4. The molecule has 0 saturated carbocycles. The third kappa shape index (κ3) is 24.7. The van der Waals surface area contributed by atoms with Crippen LogP contribution in [0.15, 0.2) is 107 Å². The van der Waals surface area contributed by atoms with Crippen LogP contribution in [0.2, 0.25) is 0 Å². The van der Waals surface area contributed by atoms with Gasteiger partial charge in [0, 0.05) is 35.2 Å². The monoisotopic (exact) mass is 1020 g/mol. The van der Waals surface area contributed by atoms with Crippen LogP contribution >= 0.6 is 48.9 Å². The number of nitro groups is 2. The number of nitrogens with one attached hydrogen (secondary N) is 3. The molecule has 4 rings (SSSR count). The Balaban J connectivity index is 0.00000103. The minimum absolute atomic E-state index is 0. The summed E-state index contributed by atoms with van der Waals surface area (Å²) in [5, 5.41) is 48.4. The SMILES string of the molecule is C=CCOC(=O)c1ccc(NP(=O)(OCc2ccc([N+](=O)[O-])o2)N(C)CCCCCl)cc1.C=CCOC(O)c1ccc(NP(=O)(Cl)NC)cc1.CCCCCl.O=[N+]([O-])c1ccc(C[O-])o1.[Li+]. The van der Waals surface area contributed by atoms with Crippen LogP contribution in [0.25, 0.3) is 0 Å². The van der Waals surface area contributed by atoms with Crippen LogP contribution in [0.5, 0.6) is 0 Å². The first-order valence-electron chi connectivity index (χ1n) is 19.5. The second kappa shape index (κ2) is 34.3. The first-order valence-corrected chi connectivity index (χ1v) is 24.7. The van der Waals surface area contributed by atoms with Gasteiger partial charge in [-0.2, -0.15) is 0 Å². The van der Waals surface area contributed by atoms with Crippen molar-refractivity contribution in [3.63, 3.8) is 0 Å². The van der Waals surface area contributed by atoms with Gasteiger partial charge in [-0.3, -0.25) is 29.3 Å². The van der Waals surface area contributed by atoms with Crippen molar-refractivity contribution < 1.29 is 75.7 Å². The Morgan fingerprint density at radius 2 is 1.39 bits per heavy atom. The van der Waals surface area contributed by atoms with E-state index in [4.69, 9.17) is 52.9 Å². The Labute approximate surface area is 410 Å². The minimum atomic E-state index is -3.63. The molecule has 0 saturated heterocycles. The summed E-state index contributed by atoms with van der Waals surface area (Å²) in [4.78, 5) is 31.3. The van der Waals surface area contributed by atoms with E-state index in [9.17, 15) is 44.4 Å². The van der Waals surface area contributed by atoms with Crippen LogP contribution in [0.1, 0.15) is 66.3 Å². The summed E-state index contributed by atoms with van der Waals surface area (Å²) in [5.41, 5.74) is 1.95. The topological polar surface area (TPSA) is 274 Å². The molecule has 0 fully saturated rings. The van der Waals surface area contributed by atoms with Gasteiger partial charge in [0.2, 0.25) is 0 Å². The molecule has 20 nitrogen and oxygen atoms in total. The summed E-state index contributed by atoms with van der Waals surface area (Å²) in [6.45, 7) is 6.00. The van der Waals surface area contributed by atoms with E-state index in [0.717, 1.165) is 24.8 Å². The zero-order chi connectivity index (χ0) is 48.8. The number of aliphatic hydroxyl groups excluding tert-OH is 1. The van der Waals surface area contributed by atoms with Gasteiger partial charge in [-0.15, -0.1) is 29.8 Å². The number of benzene rings is 2. The molecule has 4 N–H and O–H groups in total. The Hall–Kier alpha value is -3.96. The molecule has 3 unspecified atom stereocenters. The van der Waals surface area contributed by atoms with E-state index in [1.807, 2.05) is 0 Å². The molecule has 2 aromatic carbocycles. The quantitative estimate of drug-likeness (QED) is 0.00590. The van der Waals surface area contributed by atoms with Crippen molar-refractivity contribution in [3.05, 3.63) is 141 Å².